The van der Waals surface area contributed by atoms with E-state index in [1.807, 2.05) is 6.08 Å². The van der Waals surface area contributed by atoms with Crippen molar-refractivity contribution in [3.8, 4) is 0 Å². The van der Waals surface area contributed by atoms with Crippen molar-refractivity contribution in [1.29, 1.82) is 0 Å². The quantitative estimate of drug-likeness (QED) is 0.817. The Kier molecular flexibility index (Phi) is 3.14. The van der Waals surface area contributed by atoms with E-state index < -0.39 is 46.9 Å². The van der Waals surface area contributed by atoms with Crippen LogP contribution >= 0.6 is 0 Å². The van der Waals surface area contributed by atoms with Crippen molar-refractivity contribution in [3.63, 3.8) is 0 Å². The van der Waals surface area contributed by atoms with E-state index in [1.165, 1.54) is 6.92 Å². The number of aryl methyl sites for hydroxylation is 1. The number of ketones is 1. The lowest BCUT2D eigenvalue weighted by Gasteiger charge is -2.23. The Labute approximate surface area is 135 Å². The maximum absolute atomic E-state index is 14.3. The highest BCUT2D eigenvalue weighted by Crippen LogP contribution is 2.50. The topological polar surface area (TPSA) is 57.5 Å². The fourth-order valence-corrected chi connectivity index (χ4v) is 3.59. The van der Waals surface area contributed by atoms with Gasteiger partial charge in [0, 0.05) is 11.5 Å². The Balaban J connectivity index is 1.76. The van der Waals surface area contributed by atoms with E-state index in [4.69, 9.17) is 0 Å². The summed E-state index contributed by atoms with van der Waals surface area (Å²) in [7, 11) is 0. The Morgan fingerprint density at radius 1 is 1.17 bits per heavy atom. The van der Waals surface area contributed by atoms with E-state index in [0.717, 1.165) is 5.57 Å². The first kappa shape index (κ1) is 15.4. The van der Waals surface area contributed by atoms with Gasteiger partial charge in [-0.05, 0) is 29.7 Å². The molecular weight excluding hydrogens is 321 g/mol. The number of aliphatic hydroxyl groups excluding tert-OH is 2. The van der Waals surface area contributed by atoms with Crippen molar-refractivity contribution in [2.24, 2.45) is 11.8 Å². The first-order chi connectivity index (χ1) is 11.3. The van der Waals surface area contributed by atoms with Gasteiger partial charge in [0.15, 0.2) is 17.4 Å². The molecule has 0 spiro atoms. The summed E-state index contributed by atoms with van der Waals surface area (Å²) in [5, 5.41) is 20.8. The number of hydrogen-bond donors (Lipinski definition) is 2. The second kappa shape index (κ2) is 4.91. The number of rotatable bonds is 2. The smallest absolute Gasteiger partial charge is 0.169 e. The van der Waals surface area contributed by atoms with Gasteiger partial charge in [-0.3, -0.25) is 4.79 Å². The molecule has 0 aromatic heterocycles. The molecule has 0 aliphatic heterocycles. The van der Waals surface area contributed by atoms with Crippen LogP contribution in [0.5, 0.6) is 0 Å². The van der Waals surface area contributed by atoms with Crippen LogP contribution in [-0.4, -0.2) is 22.1 Å². The molecule has 4 unspecified atom stereocenters. The lowest BCUT2D eigenvalue weighted by molar-refractivity contribution is -0.125. The monoisotopic (exact) mass is 334 g/mol. The van der Waals surface area contributed by atoms with Crippen LogP contribution in [-0.2, 0) is 4.79 Å². The minimum Gasteiger partial charge on any atom is -0.388 e. The average Bonchev–Trinajstić information content (AvgIpc) is 3.27. The highest BCUT2D eigenvalue weighted by Gasteiger charge is 2.51. The zero-order chi connectivity index (χ0) is 17.3. The molecule has 4 atom stereocenters. The molecule has 0 heterocycles. The summed E-state index contributed by atoms with van der Waals surface area (Å²) >= 11 is 0. The van der Waals surface area contributed by atoms with E-state index in [1.54, 1.807) is 12.2 Å². The van der Waals surface area contributed by atoms with Gasteiger partial charge in [-0.2, -0.15) is 0 Å². The molecule has 3 nitrogen and oxygen atoms in total. The predicted molar refractivity (Wildman–Crippen MR) is 78.3 cm³/mol. The number of hydrogen-bond acceptors (Lipinski definition) is 3. The normalized spacial score (nSPS) is 28.7. The lowest BCUT2D eigenvalue weighted by Crippen LogP contribution is -2.30. The van der Waals surface area contributed by atoms with Crippen molar-refractivity contribution in [2.45, 2.75) is 19.1 Å². The molecule has 0 amide bonds. The van der Waals surface area contributed by atoms with Crippen molar-refractivity contribution in [1.82, 2.24) is 0 Å². The third kappa shape index (κ3) is 1.90. The van der Waals surface area contributed by atoms with Crippen LogP contribution in [0.3, 0.4) is 0 Å². The Morgan fingerprint density at radius 2 is 1.88 bits per heavy atom. The van der Waals surface area contributed by atoms with Crippen LogP contribution in [0.25, 0.3) is 0 Å². The molecular formula is C18H13F3O3. The van der Waals surface area contributed by atoms with Gasteiger partial charge in [0.2, 0.25) is 0 Å². The van der Waals surface area contributed by atoms with Crippen molar-refractivity contribution in [2.75, 3.05) is 0 Å². The predicted octanol–water partition coefficient (Wildman–Crippen LogP) is 2.43. The van der Waals surface area contributed by atoms with E-state index in [9.17, 15) is 28.2 Å². The molecule has 0 saturated heterocycles. The highest BCUT2D eigenvalue weighted by molar-refractivity contribution is 6.05. The van der Waals surface area contributed by atoms with E-state index in [0.29, 0.717) is 17.2 Å². The second-order valence-corrected chi connectivity index (χ2v) is 6.34. The molecule has 0 fully saturated rings. The van der Waals surface area contributed by atoms with E-state index >= 15 is 0 Å². The molecule has 0 saturated carbocycles. The number of halogens is 3. The summed E-state index contributed by atoms with van der Waals surface area (Å²) in [4.78, 5) is 12.6. The van der Waals surface area contributed by atoms with Crippen LogP contribution < -0.4 is 0 Å². The molecule has 2 N–H and O–H groups in total. The largest absolute Gasteiger partial charge is 0.388 e. The zero-order valence-corrected chi connectivity index (χ0v) is 12.6. The minimum absolute atomic E-state index is 0.188. The van der Waals surface area contributed by atoms with Crippen LogP contribution in [0.1, 0.15) is 17.2 Å². The first-order valence-corrected chi connectivity index (χ1v) is 7.51. The fraction of sp³-hybridized carbons (Fsp3) is 0.278. The van der Waals surface area contributed by atoms with Crippen LogP contribution in [0, 0.1) is 36.2 Å². The first-order valence-electron chi connectivity index (χ1n) is 7.51. The number of Topliss-reactive ketones (excluding diaryl/α,β-unsaturated/α-hetero) is 1. The number of fused-ring (bicyclic) bond motifs is 2. The summed E-state index contributed by atoms with van der Waals surface area (Å²) in [6.07, 6.45) is 1.78. The fourth-order valence-electron chi connectivity index (χ4n) is 3.59. The van der Waals surface area contributed by atoms with Gasteiger partial charge in [0.05, 0.1) is 23.7 Å². The number of benzene rings is 1. The molecule has 6 heteroatoms. The van der Waals surface area contributed by atoms with Gasteiger partial charge in [-0.15, -0.1) is 0 Å². The Hall–Kier alpha value is -2.18. The summed E-state index contributed by atoms with van der Waals surface area (Å²) in [6, 6.07) is 0.681. The highest BCUT2D eigenvalue weighted by atomic mass is 19.2. The molecule has 1 aromatic rings. The SMILES string of the molecule is Cc1cc(F)c(F)c(C(O)C2C(=O)C3=C(C=CC4=CC43)C2O)c1F. The summed E-state index contributed by atoms with van der Waals surface area (Å²) < 4.78 is 41.9. The number of allylic oxidation sites excluding steroid dienone is 4. The maximum Gasteiger partial charge on any atom is 0.169 e. The van der Waals surface area contributed by atoms with Gasteiger partial charge in [0.1, 0.15) is 5.82 Å². The molecule has 1 aromatic carbocycles. The van der Waals surface area contributed by atoms with Crippen LogP contribution in [0.2, 0.25) is 0 Å². The zero-order valence-electron chi connectivity index (χ0n) is 12.6. The molecule has 3 aliphatic rings. The Bertz CT molecular complexity index is 856. The maximum atomic E-state index is 14.3. The lowest BCUT2D eigenvalue weighted by atomic mass is 9.88. The third-order valence-electron chi connectivity index (χ3n) is 4.92. The second-order valence-electron chi connectivity index (χ2n) is 6.34. The number of carbonyl (C=O) groups is 1. The molecule has 4 rings (SSSR count). The van der Waals surface area contributed by atoms with Crippen LogP contribution in [0.4, 0.5) is 13.2 Å². The molecule has 3 aliphatic carbocycles. The minimum atomic E-state index is -1.98. The van der Waals surface area contributed by atoms with Crippen molar-refractivity contribution in [3.05, 3.63) is 69.6 Å². The standard InChI is InChI=1S/C18H13F3O3/c1-6-4-10(19)15(21)12(14(6)20)18(24)13-16(22)8-3-2-7-5-9(7)11(8)17(13)23/h2-5,9,13,16,18,22,24H,1H3. The van der Waals surface area contributed by atoms with Crippen molar-refractivity contribution < 1.29 is 28.2 Å². The van der Waals surface area contributed by atoms with Gasteiger partial charge in [-0.25, -0.2) is 13.2 Å². The summed E-state index contributed by atoms with van der Waals surface area (Å²) in [5.74, 6) is -6.20. The van der Waals surface area contributed by atoms with Gasteiger partial charge in [0.25, 0.3) is 0 Å². The molecule has 24 heavy (non-hydrogen) atoms. The average molecular weight is 334 g/mol. The summed E-state index contributed by atoms with van der Waals surface area (Å²) in [6.45, 7) is 1.23. The van der Waals surface area contributed by atoms with Gasteiger partial charge < -0.3 is 10.2 Å². The van der Waals surface area contributed by atoms with E-state index in [2.05, 4.69) is 0 Å². The Morgan fingerprint density at radius 3 is 2.58 bits per heavy atom. The molecule has 124 valence electrons. The van der Waals surface area contributed by atoms with Crippen LogP contribution in [0.15, 0.2) is 41.0 Å². The van der Waals surface area contributed by atoms with Gasteiger partial charge in [-0.1, -0.05) is 18.2 Å². The van der Waals surface area contributed by atoms with Crippen molar-refractivity contribution >= 4 is 5.78 Å². The van der Waals surface area contributed by atoms with E-state index in [-0.39, 0.29) is 11.5 Å². The van der Waals surface area contributed by atoms with Gasteiger partial charge >= 0.3 is 0 Å². The molecule has 0 radical (unpaired) electrons. The number of aliphatic hydroxyl groups is 2. The molecule has 0 bridgehead atoms. The number of carbonyl (C=O) groups excluding carboxylic acids is 1. The summed E-state index contributed by atoms with van der Waals surface area (Å²) in [5.41, 5.74) is 0.520. The third-order valence-corrected chi connectivity index (χ3v) is 4.92.